The zero-order chi connectivity index (χ0) is 14.4. The predicted octanol–water partition coefficient (Wildman–Crippen LogP) is 2.89. The van der Waals surface area contributed by atoms with Crippen LogP contribution >= 0.6 is 24.0 Å². The van der Waals surface area contributed by atoms with Crippen molar-refractivity contribution in [2.45, 2.75) is 13.2 Å². The quantitative estimate of drug-likeness (QED) is 0.443. The van der Waals surface area contributed by atoms with E-state index in [2.05, 4.69) is 9.73 Å². The minimum Gasteiger partial charge on any atom is -0.435 e. The summed E-state index contributed by atoms with van der Waals surface area (Å²) in [5.41, 5.74) is 0.819. The van der Waals surface area contributed by atoms with Gasteiger partial charge in [-0.25, -0.2) is 4.99 Å². The van der Waals surface area contributed by atoms with Gasteiger partial charge in [0.2, 0.25) is 0 Å². The standard InChI is InChI=1S/C13H19F2N3O.HI/c1-17(2)13(18(3)4)16-9-10-6-5-7-11(8-10)19-12(14)15;/h5-8,12H,9H2,1-4H3;1H. The van der Waals surface area contributed by atoms with E-state index in [1.807, 2.05) is 44.1 Å². The van der Waals surface area contributed by atoms with Gasteiger partial charge in [-0.05, 0) is 17.7 Å². The maximum absolute atomic E-state index is 12.1. The van der Waals surface area contributed by atoms with Gasteiger partial charge in [-0.3, -0.25) is 0 Å². The van der Waals surface area contributed by atoms with Crippen molar-refractivity contribution in [1.82, 2.24) is 9.80 Å². The average Bonchev–Trinajstić information content (AvgIpc) is 2.27. The summed E-state index contributed by atoms with van der Waals surface area (Å²) < 4.78 is 28.6. The molecule has 0 atom stereocenters. The van der Waals surface area contributed by atoms with Gasteiger partial charge in [0, 0.05) is 28.2 Å². The van der Waals surface area contributed by atoms with E-state index in [0.29, 0.717) is 6.54 Å². The number of aliphatic imine (C=N–C) groups is 1. The van der Waals surface area contributed by atoms with E-state index in [9.17, 15) is 8.78 Å². The first kappa shape index (κ1) is 18.9. The summed E-state index contributed by atoms with van der Waals surface area (Å²) in [5.74, 6) is 0.958. The van der Waals surface area contributed by atoms with Crippen LogP contribution in [0.1, 0.15) is 5.56 Å². The van der Waals surface area contributed by atoms with Crippen LogP contribution in [0.25, 0.3) is 0 Å². The first-order valence-corrected chi connectivity index (χ1v) is 5.83. The molecule has 0 aromatic heterocycles. The third kappa shape index (κ3) is 6.36. The molecule has 0 fully saturated rings. The molecule has 114 valence electrons. The summed E-state index contributed by atoms with van der Waals surface area (Å²) in [6, 6.07) is 6.56. The minimum absolute atomic E-state index is 0. The normalized spacial score (nSPS) is 9.75. The highest BCUT2D eigenvalue weighted by molar-refractivity contribution is 14.0. The number of ether oxygens (including phenoxy) is 1. The molecule has 0 aliphatic heterocycles. The molecule has 0 unspecified atom stereocenters. The molecular formula is C13H20F2IN3O. The summed E-state index contributed by atoms with van der Waals surface area (Å²) in [5, 5.41) is 0. The molecule has 20 heavy (non-hydrogen) atoms. The van der Waals surface area contributed by atoms with Crippen molar-refractivity contribution in [3.05, 3.63) is 29.8 Å². The number of guanidine groups is 1. The summed E-state index contributed by atoms with van der Waals surface area (Å²) in [6.45, 7) is -2.40. The van der Waals surface area contributed by atoms with Crippen molar-refractivity contribution in [3.8, 4) is 5.75 Å². The molecule has 0 saturated heterocycles. The van der Waals surface area contributed by atoms with Crippen LogP contribution in [0.3, 0.4) is 0 Å². The number of nitrogens with zero attached hydrogens (tertiary/aromatic N) is 3. The van der Waals surface area contributed by atoms with Crippen molar-refractivity contribution in [2.24, 2.45) is 4.99 Å². The Kier molecular flexibility index (Phi) is 8.43. The lowest BCUT2D eigenvalue weighted by molar-refractivity contribution is -0.0498. The Morgan fingerprint density at radius 1 is 1.20 bits per heavy atom. The lowest BCUT2D eigenvalue weighted by Gasteiger charge is -2.22. The number of hydrogen-bond donors (Lipinski definition) is 0. The topological polar surface area (TPSA) is 28.1 Å². The van der Waals surface area contributed by atoms with Crippen LogP contribution in [0.2, 0.25) is 0 Å². The fourth-order valence-corrected chi connectivity index (χ4v) is 1.66. The number of hydrogen-bond acceptors (Lipinski definition) is 2. The molecule has 0 N–H and O–H groups in total. The second-order valence-electron chi connectivity index (χ2n) is 4.43. The lowest BCUT2D eigenvalue weighted by atomic mass is 10.2. The molecule has 0 heterocycles. The Labute approximate surface area is 135 Å². The van der Waals surface area contributed by atoms with Crippen molar-refractivity contribution >= 4 is 29.9 Å². The molecule has 0 radical (unpaired) electrons. The van der Waals surface area contributed by atoms with Crippen LogP contribution in [-0.4, -0.2) is 50.6 Å². The van der Waals surface area contributed by atoms with Gasteiger partial charge in [-0.15, -0.1) is 24.0 Å². The zero-order valence-electron chi connectivity index (χ0n) is 12.0. The molecule has 0 bridgehead atoms. The van der Waals surface area contributed by atoms with E-state index in [1.54, 1.807) is 12.1 Å². The zero-order valence-corrected chi connectivity index (χ0v) is 14.3. The molecule has 1 rings (SSSR count). The monoisotopic (exact) mass is 399 g/mol. The third-order valence-electron chi connectivity index (χ3n) is 2.33. The number of alkyl halides is 2. The third-order valence-corrected chi connectivity index (χ3v) is 2.33. The maximum Gasteiger partial charge on any atom is 0.387 e. The lowest BCUT2D eigenvalue weighted by Crippen LogP contribution is -2.35. The Morgan fingerprint density at radius 3 is 2.30 bits per heavy atom. The number of rotatable bonds is 4. The molecule has 0 spiro atoms. The second-order valence-corrected chi connectivity index (χ2v) is 4.43. The average molecular weight is 399 g/mol. The van der Waals surface area contributed by atoms with Crippen LogP contribution in [0.15, 0.2) is 29.3 Å². The summed E-state index contributed by atoms with van der Waals surface area (Å²) in [6.07, 6.45) is 0. The van der Waals surface area contributed by atoms with Gasteiger partial charge < -0.3 is 14.5 Å². The van der Waals surface area contributed by atoms with Gasteiger partial charge in [0.05, 0.1) is 6.54 Å². The fourth-order valence-electron chi connectivity index (χ4n) is 1.66. The molecule has 7 heteroatoms. The van der Waals surface area contributed by atoms with Crippen molar-refractivity contribution < 1.29 is 13.5 Å². The smallest absolute Gasteiger partial charge is 0.387 e. The van der Waals surface area contributed by atoms with E-state index in [-0.39, 0.29) is 29.7 Å². The molecule has 0 aliphatic carbocycles. The number of halogens is 3. The van der Waals surface area contributed by atoms with Gasteiger partial charge in [-0.1, -0.05) is 12.1 Å². The molecule has 1 aromatic carbocycles. The molecule has 0 saturated carbocycles. The highest BCUT2D eigenvalue weighted by Gasteiger charge is 2.06. The molecule has 0 aliphatic rings. The predicted molar refractivity (Wildman–Crippen MR) is 87.0 cm³/mol. The van der Waals surface area contributed by atoms with E-state index < -0.39 is 6.61 Å². The second kappa shape index (κ2) is 8.93. The molecule has 4 nitrogen and oxygen atoms in total. The van der Waals surface area contributed by atoms with Crippen LogP contribution in [0, 0.1) is 0 Å². The van der Waals surface area contributed by atoms with Crippen molar-refractivity contribution in [1.29, 1.82) is 0 Å². The van der Waals surface area contributed by atoms with E-state index in [0.717, 1.165) is 11.5 Å². The van der Waals surface area contributed by atoms with Crippen molar-refractivity contribution in [2.75, 3.05) is 28.2 Å². The van der Waals surface area contributed by atoms with Gasteiger partial charge in [0.15, 0.2) is 5.96 Å². The summed E-state index contributed by atoms with van der Waals surface area (Å²) >= 11 is 0. The SMILES string of the molecule is CN(C)C(=NCc1cccc(OC(F)F)c1)N(C)C.I. The van der Waals surface area contributed by atoms with Gasteiger partial charge >= 0.3 is 6.61 Å². The van der Waals surface area contributed by atoms with Gasteiger partial charge in [0.25, 0.3) is 0 Å². The Balaban J connectivity index is 0.00000361. The highest BCUT2D eigenvalue weighted by atomic mass is 127. The Hall–Kier alpha value is -1.12. The molecule has 0 amide bonds. The summed E-state index contributed by atoms with van der Waals surface area (Å²) in [4.78, 5) is 8.22. The maximum atomic E-state index is 12.1. The van der Waals surface area contributed by atoms with Crippen LogP contribution in [-0.2, 0) is 6.54 Å². The van der Waals surface area contributed by atoms with E-state index in [4.69, 9.17) is 0 Å². The van der Waals surface area contributed by atoms with Crippen molar-refractivity contribution in [3.63, 3.8) is 0 Å². The van der Waals surface area contributed by atoms with E-state index >= 15 is 0 Å². The Bertz CT molecular complexity index is 429. The van der Waals surface area contributed by atoms with E-state index in [1.165, 1.54) is 6.07 Å². The largest absolute Gasteiger partial charge is 0.435 e. The van der Waals surface area contributed by atoms with Crippen LogP contribution in [0.4, 0.5) is 8.78 Å². The highest BCUT2D eigenvalue weighted by Crippen LogP contribution is 2.16. The van der Waals surface area contributed by atoms with Gasteiger partial charge in [0.1, 0.15) is 5.75 Å². The fraction of sp³-hybridized carbons (Fsp3) is 0.462. The molecular weight excluding hydrogens is 379 g/mol. The minimum atomic E-state index is -2.81. The van der Waals surface area contributed by atoms with Crippen LogP contribution < -0.4 is 4.74 Å². The van der Waals surface area contributed by atoms with Crippen LogP contribution in [0.5, 0.6) is 5.75 Å². The summed E-state index contributed by atoms with van der Waals surface area (Å²) in [7, 11) is 7.59. The first-order chi connectivity index (χ1) is 8.90. The Morgan fingerprint density at radius 2 is 1.80 bits per heavy atom. The van der Waals surface area contributed by atoms with Gasteiger partial charge in [-0.2, -0.15) is 8.78 Å². The molecule has 1 aromatic rings. The first-order valence-electron chi connectivity index (χ1n) is 5.83. The number of benzene rings is 1.